The molecule has 0 spiro atoms. The van der Waals surface area contributed by atoms with Crippen molar-refractivity contribution in [1.29, 1.82) is 0 Å². The van der Waals surface area contributed by atoms with Gasteiger partial charge in [0.05, 0.1) is 18.3 Å². The number of benzene rings is 1. The van der Waals surface area contributed by atoms with E-state index in [0.717, 1.165) is 19.3 Å². The van der Waals surface area contributed by atoms with Gasteiger partial charge < -0.3 is 9.84 Å². The molecule has 92 valence electrons. The van der Waals surface area contributed by atoms with E-state index in [2.05, 4.69) is 12.1 Å². The summed E-state index contributed by atoms with van der Waals surface area (Å²) in [6.07, 6.45) is 5.67. The average Bonchev–Trinajstić information content (AvgIpc) is 2.68. The highest BCUT2D eigenvalue weighted by atomic mass is 16.5. The molecule has 1 aromatic rings. The van der Waals surface area contributed by atoms with E-state index >= 15 is 0 Å². The molecule has 2 heteroatoms. The number of rotatable bonds is 2. The van der Waals surface area contributed by atoms with Gasteiger partial charge in [-0.2, -0.15) is 0 Å². The van der Waals surface area contributed by atoms with Crippen molar-refractivity contribution < 1.29 is 9.84 Å². The van der Waals surface area contributed by atoms with Crippen LogP contribution in [0.2, 0.25) is 0 Å². The molecule has 2 aliphatic rings. The molecule has 1 aromatic carbocycles. The van der Waals surface area contributed by atoms with E-state index in [4.69, 9.17) is 4.74 Å². The summed E-state index contributed by atoms with van der Waals surface area (Å²) in [6.45, 7) is 0. The van der Waals surface area contributed by atoms with Crippen LogP contribution < -0.4 is 0 Å². The van der Waals surface area contributed by atoms with Crippen LogP contribution in [0.25, 0.3) is 0 Å². The van der Waals surface area contributed by atoms with E-state index < -0.39 is 0 Å². The standard InChI is InChI=1S/C15H20O2/c16-15-12-8-4-5-9-13(12)17-14(15)10-11-6-2-1-3-7-11/h1-3,6-7,12-16H,4-5,8-10H2/t12-,13-,14-,15-/m1/s1. The molecule has 1 N–H and O–H groups in total. The Labute approximate surface area is 103 Å². The predicted molar refractivity (Wildman–Crippen MR) is 66.8 cm³/mol. The number of fused-ring (bicyclic) bond motifs is 1. The minimum Gasteiger partial charge on any atom is -0.390 e. The minimum absolute atomic E-state index is 0.00509. The Morgan fingerprint density at radius 2 is 1.88 bits per heavy atom. The Morgan fingerprint density at radius 3 is 2.65 bits per heavy atom. The molecule has 17 heavy (non-hydrogen) atoms. The van der Waals surface area contributed by atoms with E-state index in [1.54, 1.807) is 0 Å². The van der Waals surface area contributed by atoms with Crippen LogP contribution in [-0.4, -0.2) is 23.4 Å². The van der Waals surface area contributed by atoms with Crippen molar-refractivity contribution in [2.45, 2.75) is 50.4 Å². The van der Waals surface area contributed by atoms with Crippen LogP contribution in [0, 0.1) is 5.92 Å². The van der Waals surface area contributed by atoms with Gasteiger partial charge in [0, 0.05) is 12.3 Å². The highest BCUT2D eigenvalue weighted by Crippen LogP contribution is 2.38. The van der Waals surface area contributed by atoms with Crippen LogP contribution in [0.4, 0.5) is 0 Å². The third-order valence-corrected chi connectivity index (χ3v) is 4.20. The quantitative estimate of drug-likeness (QED) is 0.849. The summed E-state index contributed by atoms with van der Waals surface area (Å²) in [5.41, 5.74) is 1.26. The van der Waals surface area contributed by atoms with Crippen LogP contribution in [-0.2, 0) is 11.2 Å². The number of hydrogen-bond acceptors (Lipinski definition) is 2. The number of hydrogen-bond donors (Lipinski definition) is 1. The van der Waals surface area contributed by atoms with Crippen molar-refractivity contribution in [1.82, 2.24) is 0 Å². The first-order valence-electron chi connectivity index (χ1n) is 6.72. The SMILES string of the molecule is O[C@@H]1[C@@H]2CCCC[C@H]2O[C@@H]1Cc1ccccc1. The zero-order valence-electron chi connectivity index (χ0n) is 10.1. The van der Waals surface area contributed by atoms with Crippen molar-refractivity contribution in [3.63, 3.8) is 0 Å². The van der Waals surface area contributed by atoms with Crippen molar-refractivity contribution in [3.05, 3.63) is 35.9 Å². The third-order valence-electron chi connectivity index (χ3n) is 4.20. The monoisotopic (exact) mass is 232 g/mol. The number of aliphatic hydroxyl groups excluding tert-OH is 1. The highest BCUT2D eigenvalue weighted by Gasteiger charge is 2.43. The highest BCUT2D eigenvalue weighted by molar-refractivity contribution is 5.16. The maximum absolute atomic E-state index is 10.3. The van der Waals surface area contributed by atoms with Gasteiger partial charge in [-0.05, 0) is 18.4 Å². The van der Waals surface area contributed by atoms with Crippen LogP contribution in [0.5, 0.6) is 0 Å². The fourth-order valence-electron chi connectivity index (χ4n) is 3.28. The zero-order chi connectivity index (χ0) is 11.7. The first-order valence-corrected chi connectivity index (χ1v) is 6.72. The lowest BCUT2D eigenvalue weighted by atomic mass is 9.83. The smallest absolute Gasteiger partial charge is 0.0881 e. The topological polar surface area (TPSA) is 29.5 Å². The molecule has 1 aliphatic heterocycles. The second kappa shape index (κ2) is 4.79. The molecule has 4 atom stereocenters. The average molecular weight is 232 g/mol. The van der Waals surface area contributed by atoms with Crippen molar-refractivity contribution in [2.24, 2.45) is 5.92 Å². The maximum atomic E-state index is 10.3. The van der Waals surface area contributed by atoms with Crippen LogP contribution in [0.15, 0.2) is 30.3 Å². The molecule has 1 heterocycles. The molecule has 0 radical (unpaired) electrons. The van der Waals surface area contributed by atoms with Gasteiger partial charge in [-0.3, -0.25) is 0 Å². The molecule has 1 saturated carbocycles. The Hall–Kier alpha value is -0.860. The summed E-state index contributed by atoms with van der Waals surface area (Å²) >= 11 is 0. The number of ether oxygens (including phenoxy) is 1. The molecule has 0 bridgehead atoms. The molecule has 0 aromatic heterocycles. The first-order chi connectivity index (χ1) is 8.34. The summed E-state index contributed by atoms with van der Waals surface area (Å²) in [7, 11) is 0. The van der Waals surface area contributed by atoms with Crippen LogP contribution in [0.1, 0.15) is 31.2 Å². The molecular weight excluding hydrogens is 212 g/mol. The van der Waals surface area contributed by atoms with Crippen LogP contribution >= 0.6 is 0 Å². The van der Waals surface area contributed by atoms with Gasteiger partial charge in [0.2, 0.25) is 0 Å². The van der Waals surface area contributed by atoms with Crippen LogP contribution in [0.3, 0.4) is 0 Å². The molecule has 0 unspecified atom stereocenters. The zero-order valence-corrected chi connectivity index (χ0v) is 10.1. The summed E-state index contributed by atoms with van der Waals surface area (Å²) in [4.78, 5) is 0. The van der Waals surface area contributed by atoms with E-state index in [0.29, 0.717) is 12.0 Å². The second-order valence-electron chi connectivity index (χ2n) is 5.34. The Morgan fingerprint density at radius 1 is 1.12 bits per heavy atom. The third kappa shape index (κ3) is 2.24. The molecule has 1 aliphatic carbocycles. The fraction of sp³-hybridized carbons (Fsp3) is 0.600. The van der Waals surface area contributed by atoms with Gasteiger partial charge in [0.1, 0.15) is 0 Å². The van der Waals surface area contributed by atoms with Gasteiger partial charge in [-0.25, -0.2) is 0 Å². The van der Waals surface area contributed by atoms with E-state index in [1.165, 1.54) is 18.4 Å². The first kappa shape index (κ1) is 11.2. The molecule has 2 nitrogen and oxygen atoms in total. The van der Waals surface area contributed by atoms with Gasteiger partial charge in [0.15, 0.2) is 0 Å². The van der Waals surface area contributed by atoms with Gasteiger partial charge in [-0.15, -0.1) is 0 Å². The lowest BCUT2D eigenvalue weighted by Crippen LogP contribution is -2.30. The lowest BCUT2D eigenvalue weighted by molar-refractivity contribution is 0.00540. The Balaban J connectivity index is 1.68. The Kier molecular flexibility index (Phi) is 3.17. The van der Waals surface area contributed by atoms with Gasteiger partial charge >= 0.3 is 0 Å². The number of aliphatic hydroxyl groups is 1. The second-order valence-corrected chi connectivity index (χ2v) is 5.34. The fourth-order valence-corrected chi connectivity index (χ4v) is 3.28. The minimum atomic E-state index is -0.263. The van der Waals surface area contributed by atoms with Crippen molar-refractivity contribution in [2.75, 3.05) is 0 Å². The van der Waals surface area contributed by atoms with Gasteiger partial charge in [0.25, 0.3) is 0 Å². The molecule has 0 amide bonds. The van der Waals surface area contributed by atoms with Gasteiger partial charge in [-0.1, -0.05) is 43.2 Å². The molecular formula is C15H20O2. The Bertz CT molecular complexity index is 362. The summed E-state index contributed by atoms with van der Waals surface area (Å²) in [6, 6.07) is 10.3. The largest absolute Gasteiger partial charge is 0.390 e. The summed E-state index contributed by atoms with van der Waals surface area (Å²) in [5.74, 6) is 0.387. The van der Waals surface area contributed by atoms with E-state index in [9.17, 15) is 5.11 Å². The van der Waals surface area contributed by atoms with Crippen molar-refractivity contribution >= 4 is 0 Å². The molecule has 2 fully saturated rings. The molecule has 3 rings (SSSR count). The predicted octanol–water partition coefficient (Wildman–Crippen LogP) is 2.55. The lowest BCUT2D eigenvalue weighted by Gasteiger charge is -2.24. The van der Waals surface area contributed by atoms with Crippen molar-refractivity contribution in [3.8, 4) is 0 Å². The molecule has 1 saturated heterocycles. The summed E-state index contributed by atoms with van der Waals surface area (Å²) in [5, 5.41) is 10.3. The summed E-state index contributed by atoms with van der Waals surface area (Å²) < 4.78 is 6.03. The van der Waals surface area contributed by atoms with E-state index in [1.807, 2.05) is 18.2 Å². The van der Waals surface area contributed by atoms with E-state index in [-0.39, 0.29) is 12.2 Å². The maximum Gasteiger partial charge on any atom is 0.0881 e. The normalized spacial score (nSPS) is 36.8.